The van der Waals surface area contributed by atoms with Gasteiger partial charge in [-0.2, -0.15) is 0 Å². The zero-order valence-electron chi connectivity index (χ0n) is 13.0. The predicted octanol–water partition coefficient (Wildman–Crippen LogP) is 2.69. The minimum atomic E-state index is -3.51. The first-order valence-corrected chi connectivity index (χ1v) is 9.81. The molecule has 1 saturated heterocycles. The number of anilines is 1. The zero-order chi connectivity index (χ0) is 16.3. The van der Waals surface area contributed by atoms with Crippen molar-refractivity contribution in [1.29, 1.82) is 0 Å². The number of nitrogens with one attached hydrogen (secondary N) is 1. The molecule has 5 nitrogen and oxygen atoms in total. The predicted molar refractivity (Wildman–Crippen MR) is 92.4 cm³/mol. The standard InChI is InChI=1S/C16H20N2O3S2/c1-13-5-6-16(22-13)23(19,20)17-15-4-2-3-14(11-15)12-18-7-9-21-10-8-18/h2-6,11,17H,7-10,12H2,1H3. The molecule has 0 bridgehead atoms. The van der Waals surface area contributed by atoms with E-state index >= 15 is 0 Å². The monoisotopic (exact) mass is 352 g/mol. The van der Waals surface area contributed by atoms with E-state index in [1.165, 1.54) is 11.3 Å². The highest BCUT2D eigenvalue weighted by atomic mass is 32.2. The number of hydrogen-bond donors (Lipinski definition) is 1. The van der Waals surface area contributed by atoms with Crippen LogP contribution in [0.3, 0.4) is 0 Å². The number of hydrogen-bond acceptors (Lipinski definition) is 5. The van der Waals surface area contributed by atoms with Crippen molar-refractivity contribution in [3.05, 3.63) is 46.8 Å². The molecule has 0 saturated carbocycles. The van der Waals surface area contributed by atoms with Crippen LogP contribution in [0.5, 0.6) is 0 Å². The second kappa shape index (κ2) is 7.00. The van der Waals surface area contributed by atoms with E-state index in [-0.39, 0.29) is 0 Å². The molecule has 1 aliphatic rings. The van der Waals surface area contributed by atoms with E-state index in [2.05, 4.69) is 9.62 Å². The molecule has 1 aliphatic heterocycles. The van der Waals surface area contributed by atoms with Gasteiger partial charge in [0, 0.05) is 30.2 Å². The largest absolute Gasteiger partial charge is 0.379 e. The molecular weight excluding hydrogens is 332 g/mol. The van der Waals surface area contributed by atoms with Crippen LogP contribution < -0.4 is 4.72 Å². The zero-order valence-corrected chi connectivity index (χ0v) is 14.6. The number of sulfonamides is 1. The normalized spacial score (nSPS) is 16.4. The lowest BCUT2D eigenvalue weighted by Crippen LogP contribution is -2.35. The van der Waals surface area contributed by atoms with E-state index in [1.54, 1.807) is 12.1 Å². The van der Waals surface area contributed by atoms with Crippen molar-refractivity contribution in [3.8, 4) is 0 Å². The van der Waals surface area contributed by atoms with Crippen LogP contribution in [-0.4, -0.2) is 39.6 Å². The van der Waals surface area contributed by atoms with Crippen LogP contribution in [0.2, 0.25) is 0 Å². The van der Waals surface area contributed by atoms with Crippen molar-refractivity contribution >= 4 is 27.0 Å². The fourth-order valence-electron chi connectivity index (χ4n) is 2.51. The Morgan fingerprint density at radius 1 is 1.22 bits per heavy atom. The van der Waals surface area contributed by atoms with Gasteiger partial charge in [0.1, 0.15) is 4.21 Å². The summed E-state index contributed by atoms with van der Waals surface area (Å²) in [6.45, 7) is 6.02. The van der Waals surface area contributed by atoms with Gasteiger partial charge in [0.05, 0.1) is 13.2 Å². The number of thiophene rings is 1. The lowest BCUT2D eigenvalue weighted by atomic mass is 10.2. The summed E-state index contributed by atoms with van der Waals surface area (Å²) in [4.78, 5) is 3.28. The lowest BCUT2D eigenvalue weighted by Gasteiger charge is -2.26. The number of nitrogens with zero attached hydrogens (tertiary/aromatic N) is 1. The smallest absolute Gasteiger partial charge is 0.271 e. The summed E-state index contributed by atoms with van der Waals surface area (Å²) >= 11 is 1.27. The van der Waals surface area contributed by atoms with Gasteiger partial charge in [-0.05, 0) is 36.8 Å². The van der Waals surface area contributed by atoms with Gasteiger partial charge in [-0.25, -0.2) is 8.42 Å². The molecule has 0 atom stereocenters. The van der Waals surface area contributed by atoms with Crippen LogP contribution in [0, 0.1) is 6.92 Å². The molecule has 2 aromatic rings. The molecule has 23 heavy (non-hydrogen) atoms. The fourth-order valence-corrected chi connectivity index (χ4v) is 4.85. The minimum absolute atomic E-state index is 0.341. The van der Waals surface area contributed by atoms with Crippen LogP contribution in [0.15, 0.2) is 40.6 Å². The summed E-state index contributed by atoms with van der Waals surface area (Å²) in [7, 11) is -3.51. The molecule has 0 amide bonds. The number of benzene rings is 1. The summed E-state index contributed by atoms with van der Waals surface area (Å²) < 4.78 is 33.1. The first-order valence-electron chi connectivity index (χ1n) is 7.51. The van der Waals surface area contributed by atoms with Crippen LogP contribution in [0.1, 0.15) is 10.4 Å². The molecule has 0 spiro atoms. The van der Waals surface area contributed by atoms with Gasteiger partial charge in [0.25, 0.3) is 10.0 Å². The fraction of sp³-hybridized carbons (Fsp3) is 0.375. The van der Waals surface area contributed by atoms with E-state index in [4.69, 9.17) is 4.74 Å². The average molecular weight is 352 g/mol. The second-order valence-corrected chi connectivity index (χ2v) is 8.76. The number of aryl methyl sites for hydroxylation is 1. The SMILES string of the molecule is Cc1ccc(S(=O)(=O)Nc2cccc(CN3CCOCC3)c2)s1. The maximum absolute atomic E-state index is 12.4. The van der Waals surface area contributed by atoms with Crippen molar-refractivity contribution in [2.45, 2.75) is 17.7 Å². The summed E-state index contributed by atoms with van der Waals surface area (Å²) in [6, 6.07) is 11.0. The van der Waals surface area contributed by atoms with E-state index in [0.717, 1.165) is 43.3 Å². The van der Waals surface area contributed by atoms with Crippen molar-refractivity contribution in [1.82, 2.24) is 4.90 Å². The highest BCUT2D eigenvalue weighted by Gasteiger charge is 2.17. The van der Waals surface area contributed by atoms with E-state index in [1.807, 2.05) is 31.2 Å². The van der Waals surface area contributed by atoms with E-state index < -0.39 is 10.0 Å². The van der Waals surface area contributed by atoms with Crippen LogP contribution in [-0.2, 0) is 21.3 Å². The summed E-state index contributed by atoms with van der Waals surface area (Å²) in [5, 5.41) is 0. The first-order chi connectivity index (χ1) is 11.0. The Balaban J connectivity index is 1.72. The highest BCUT2D eigenvalue weighted by molar-refractivity contribution is 7.94. The van der Waals surface area contributed by atoms with Crippen LogP contribution in [0.4, 0.5) is 5.69 Å². The maximum atomic E-state index is 12.4. The summed E-state index contributed by atoms with van der Waals surface area (Å²) in [5.41, 5.74) is 1.69. The van der Waals surface area contributed by atoms with E-state index in [9.17, 15) is 8.42 Å². The van der Waals surface area contributed by atoms with Gasteiger partial charge in [-0.1, -0.05) is 12.1 Å². The van der Waals surface area contributed by atoms with Crippen molar-refractivity contribution in [2.75, 3.05) is 31.0 Å². The molecular formula is C16H20N2O3S2. The summed E-state index contributed by atoms with van der Waals surface area (Å²) in [5.74, 6) is 0. The maximum Gasteiger partial charge on any atom is 0.271 e. The van der Waals surface area contributed by atoms with Crippen LogP contribution >= 0.6 is 11.3 Å². The Morgan fingerprint density at radius 3 is 2.70 bits per heavy atom. The second-order valence-electron chi connectivity index (χ2n) is 5.56. The Labute approximate surface area is 140 Å². The first kappa shape index (κ1) is 16.4. The van der Waals surface area contributed by atoms with Crippen molar-refractivity contribution < 1.29 is 13.2 Å². The number of ether oxygens (including phenoxy) is 1. The third-order valence-electron chi connectivity index (χ3n) is 3.67. The van der Waals surface area contributed by atoms with Gasteiger partial charge in [0.2, 0.25) is 0 Å². The molecule has 1 aromatic heterocycles. The van der Waals surface area contributed by atoms with Crippen molar-refractivity contribution in [2.24, 2.45) is 0 Å². The average Bonchev–Trinajstić information content (AvgIpc) is 2.96. The van der Waals surface area contributed by atoms with Gasteiger partial charge in [-0.3, -0.25) is 9.62 Å². The molecule has 1 N–H and O–H groups in total. The van der Waals surface area contributed by atoms with Gasteiger partial charge < -0.3 is 4.74 Å². The highest BCUT2D eigenvalue weighted by Crippen LogP contribution is 2.24. The van der Waals surface area contributed by atoms with Crippen LogP contribution in [0.25, 0.3) is 0 Å². The Hall–Kier alpha value is -1.41. The number of morpholine rings is 1. The number of rotatable bonds is 5. The van der Waals surface area contributed by atoms with E-state index in [0.29, 0.717) is 9.90 Å². The quantitative estimate of drug-likeness (QED) is 0.899. The molecule has 0 radical (unpaired) electrons. The topological polar surface area (TPSA) is 58.6 Å². The molecule has 0 aliphatic carbocycles. The third-order valence-corrected chi connectivity index (χ3v) is 6.54. The third kappa shape index (κ3) is 4.32. The molecule has 1 aromatic carbocycles. The molecule has 7 heteroatoms. The Bertz CT molecular complexity index is 765. The lowest BCUT2D eigenvalue weighted by molar-refractivity contribution is 0.0342. The Morgan fingerprint density at radius 2 is 2.00 bits per heavy atom. The van der Waals surface area contributed by atoms with Gasteiger partial charge >= 0.3 is 0 Å². The van der Waals surface area contributed by atoms with Crippen molar-refractivity contribution in [3.63, 3.8) is 0 Å². The molecule has 2 heterocycles. The molecule has 0 unspecified atom stereocenters. The van der Waals surface area contributed by atoms with Gasteiger partial charge in [-0.15, -0.1) is 11.3 Å². The summed E-state index contributed by atoms with van der Waals surface area (Å²) in [6.07, 6.45) is 0. The molecule has 3 rings (SSSR count). The molecule has 1 fully saturated rings. The van der Waals surface area contributed by atoms with Gasteiger partial charge in [0.15, 0.2) is 0 Å². The minimum Gasteiger partial charge on any atom is -0.379 e. The Kier molecular flexibility index (Phi) is 5.01. The molecule has 124 valence electrons.